The molecule has 58 valence electrons. The molecule has 2 rings (SSSR count). The van der Waals surface area contributed by atoms with Crippen LogP contribution in [0.4, 0.5) is 13.2 Å². The highest BCUT2D eigenvalue weighted by Crippen LogP contribution is 2.49. The lowest BCUT2D eigenvalue weighted by molar-refractivity contribution is -0.156. The van der Waals surface area contributed by atoms with Crippen LogP contribution in [-0.4, -0.2) is 18.8 Å². The average Bonchev–Trinajstić information content (AvgIpc) is 2.40. The van der Waals surface area contributed by atoms with E-state index < -0.39 is 12.2 Å². The minimum absolute atomic E-state index is 0.0972. The van der Waals surface area contributed by atoms with E-state index in [-0.39, 0.29) is 5.92 Å². The van der Waals surface area contributed by atoms with Gasteiger partial charge in [-0.3, -0.25) is 0 Å². The Bertz CT molecular complexity index is 154. The first-order valence-corrected chi connectivity index (χ1v) is 3.39. The van der Waals surface area contributed by atoms with Crippen molar-refractivity contribution in [2.75, 3.05) is 6.54 Å². The van der Waals surface area contributed by atoms with E-state index in [1.165, 1.54) is 0 Å². The highest BCUT2D eigenvalue weighted by atomic mass is 19.4. The topological polar surface area (TPSA) is 12.0 Å². The summed E-state index contributed by atoms with van der Waals surface area (Å²) in [7, 11) is 0. The van der Waals surface area contributed by atoms with E-state index in [4.69, 9.17) is 0 Å². The van der Waals surface area contributed by atoms with Crippen molar-refractivity contribution in [1.29, 1.82) is 0 Å². The quantitative estimate of drug-likeness (QED) is 0.547. The summed E-state index contributed by atoms with van der Waals surface area (Å²) in [4.78, 5) is 0. The number of alkyl halides is 3. The molecule has 2 fully saturated rings. The maximum atomic E-state index is 12.0. The first-order valence-electron chi connectivity index (χ1n) is 3.39. The molecule has 4 heteroatoms. The van der Waals surface area contributed by atoms with Gasteiger partial charge < -0.3 is 5.32 Å². The Morgan fingerprint density at radius 2 is 2.00 bits per heavy atom. The van der Waals surface area contributed by atoms with Crippen LogP contribution in [-0.2, 0) is 0 Å². The molecule has 10 heavy (non-hydrogen) atoms. The third-order valence-corrected chi connectivity index (χ3v) is 2.36. The van der Waals surface area contributed by atoms with Crippen molar-refractivity contribution < 1.29 is 13.2 Å². The molecule has 0 aromatic heterocycles. The summed E-state index contributed by atoms with van der Waals surface area (Å²) in [5, 5.41) is 2.47. The summed E-state index contributed by atoms with van der Waals surface area (Å²) in [6, 6.07) is -1.20. The lowest BCUT2D eigenvalue weighted by atomic mass is 10.2. The van der Waals surface area contributed by atoms with Crippen molar-refractivity contribution in [3.63, 3.8) is 0 Å². The normalized spacial score (nSPS) is 45.3. The number of nitrogens with one attached hydrogen (secondary N) is 1. The molecule has 0 unspecified atom stereocenters. The largest absolute Gasteiger partial charge is 0.404 e. The van der Waals surface area contributed by atoms with Gasteiger partial charge in [-0.05, 0) is 24.8 Å². The third kappa shape index (κ3) is 0.820. The lowest BCUT2D eigenvalue weighted by Crippen LogP contribution is -2.40. The summed E-state index contributed by atoms with van der Waals surface area (Å²) >= 11 is 0. The molecule has 1 nitrogen and oxygen atoms in total. The van der Waals surface area contributed by atoms with Crippen molar-refractivity contribution >= 4 is 0 Å². The Balaban J connectivity index is 2.05. The number of fused-ring (bicyclic) bond motifs is 1. The van der Waals surface area contributed by atoms with Gasteiger partial charge in [-0.1, -0.05) is 0 Å². The van der Waals surface area contributed by atoms with Gasteiger partial charge in [0, 0.05) is 0 Å². The molecule has 0 spiro atoms. The van der Waals surface area contributed by atoms with E-state index in [0.29, 0.717) is 12.5 Å². The van der Waals surface area contributed by atoms with Crippen LogP contribution in [0.5, 0.6) is 0 Å². The van der Waals surface area contributed by atoms with Crippen LogP contribution in [0.3, 0.4) is 0 Å². The highest BCUT2D eigenvalue weighted by molar-refractivity contribution is 5.04. The van der Waals surface area contributed by atoms with Crippen LogP contribution in [0.25, 0.3) is 0 Å². The molecular formula is C6H8F3N. The van der Waals surface area contributed by atoms with Crippen molar-refractivity contribution in [2.45, 2.75) is 18.6 Å². The van der Waals surface area contributed by atoms with Crippen LogP contribution < -0.4 is 5.32 Å². The van der Waals surface area contributed by atoms with Gasteiger partial charge in [0.15, 0.2) is 0 Å². The first kappa shape index (κ1) is 6.46. The summed E-state index contributed by atoms with van der Waals surface area (Å²) in [6.45, 7) is 0.564. The van der Waals surface area contributed by atoms with Gasteiger partial charge in [-0.15, -0.1) is 0 Å². The standard InChI is InChI=1S/C6H8F3N/c7-6(8,9)5-4-1-3(4)2-10-5/h3-5,10H,1-2H2/t3-,4+,5-/m0/s1. The minimum atomic E-state index is -4.02. The average molecular weight is 151 g/mol. The Hall–Kier alpha value is -0.250. The molecule has 1 saturated heterocycles. The highest BCUT2D eigenvalue weighted by Gasteiger charge is 2.58. The zero-order valence-electron chi connectivity index (χ0n) is 5.28. The first-order chi connectivity index (χ1) is 4.59. The van der Waals surface area contributed by atoms with Gasteiger partial charge in [0.1, 0.15) is 6.04 Å². The van der Waals surface area contributed by atoms with Crippen molar-refractivity contribution in [2.24, 2.45) is 11.8 Å². The summed E-state index contributed by atoms with van der Waals surface area (Å²) in [5.41, 5.74) is 0. The lowest BCUT2D eigenvalue weighted by Gasteiger charge is -2.16. The van der Waals surface area contributed by atoms with E-state index in [0.717, 1.165) is 6.42 Å². The van der Waals surface area contributed by atoms with E-state index >= 15 is 0 Å². The maximum Gasteiger partial charge on any atom is 0.404 e. The molecule has 1 saturated carbocycles. The van der Waals surface area contributed by atoms with Gasteiger partial charge >= 0.3 is 6.18 Å². The summed E-state index contributed by atoms with van der Waals surface area (Å²) in [6.07, 6.45) is -3.24. The van der Waals surface area contributed by atoms with Crippen LogP contribution in [0.15, 0.2) is 0 Å². The van der Waals surface area contributed by atoms with Gasteiger partial charge in [0.2, 0.25) is 0 Å². The van der Waals surface area contributed by atoms with Gasteiger partial charge in [0.25, 0.3) is 0 Å². The Morgan fingerprint density at radius 3 is 2.20 bits per heavy atom. The van der Waals surface area contributed by atoms with E-state index in [2.05, 4.69) is 5.32 Å². The number of rotatable bonds is 0. The maximum absolute atomic E-state index is 12.0. The molecule has 1 heterocycles. The van der Waals surface area contributed by atoms with Crippen LogP contribution in [0, 0.1) is 11.8 Å². The van der Waals surface area contributed by atoms with Gasteiger partial charge in [-0.2, -0.15) is 13.2 Å². The summed E-state index contributed by atoms with van der Waals surface area (Å²) < 4.78 is 35.9. The molecule has 0 bridgehead atoms. The van der Waals surface area contributed by atoms with Gasteiger partial charge in [0.05, 0.1) is 0 Å². The Kier molecular flexibility index (Phi) is 1.08. The van der Waals surface area contributed by atoms with E-state index in [1.54, 1.807) is 0 Å². The minimum Gasteiger partial charge on any atom is -0.306 e. The smallest absolute Gasteiger partial charge is 0.306 e. The number of hydrogen-bond acceptors (Lipinski definition) is 1. The molecule has 0 amide bonds. The van der Waals surface area contributed by atoms with Crippen molar-refractivity contribution in [3.8, 4) is 0 Å². The van der Waals surface area contributed by atoms with Crippen LogP contribution in [0.2, 0.25) is 0 Å². The second kappa shape index (κ2) is 1.67. The van der Waals surface area contributed by atoms with Crippen LogP contribution >= 0.6 is 0 Å². The second-order valence-corrected chi connectivity index (χ2v) is 3.09. The summed E-state index contributed by atoms with van der Waals surface area (Å²) in [5.74, 6) is 0.228. The SMILES string of the molecule is FC(F)(F)[C@H]1NC[C@@H]2C[C@H]21. The fourth-order valence-electron chi connectivity index (χ4n) is 1.70. The van der Waals surface area contributed by atoms with E-state index in [9.17, 15) is 13.2 Å². The van der Waals surface area contributed by atoms with Gasteiger partial charge in [-0.25, -0.2) is 0 Å². The molecule has 0 aromatic carbocycles. The molecule has 1 N–H and O–H groups in total. The van der Waals surface area contributed by atoms with Crippen molar-refractivity contribution in [1.82, 2.24) is 5.32 Å². The number of piperidine rings is 1. The molecule has 1 aliphatic carbocycles. The van der Waals surface area contributed by atoms with E-state index in [1.807, 2.05) is 0 Å². The second-order valence-electron chi connectivity index (χ2n) is 3.09. The predicted molar refractivity (Wildman–Crippen MR) is 29.4 cm³/mol. The fraction of sp³-hybridized carbons (Fsp3) is 1.00. The number of hydrogen-bond donors (Lipinski definition) is 1. The Labute approximate surface area is 56.6 Å². The zero-order chi connectivity index (χ0) is 7.35. The molecular weight excluding hydrogens is 143 g/mol. The van der Waals surface area contributed by atoms with Crippen molar-refractivity contribution in [3.05, 3.63) is 0 Å². The molecule has 0 radical (unpaired) electrons. The fourth-order valence-corrected chi connectivity index (χ4v) is 1.70. The molecule has 1 aliphatic heterocycles. The monoisotopic (exact) mass is 151 g/mol. The predicted octanol–water partition coefficient (Wildman–Crippen LogP) is 1.16. The molecule has 3 atom stereocenters. The molecule has 2 aliphatic rings. The molecule has 0 aromatic rings. The van der Waals surface area contributed by atoms with Crippen LogP contribution in [0.1, 0.15) is 6.42 Å². The number of halogens is 3. The zero-order valence-corrected chi connectivity index (χ0v) is 5.28. The third-order valence-electron chi connectivity index (χ3n) is 2.36. The Morgan fingerprint density at radius 1 is 1.30 bits per heavy atom.